The van der Waals surface area contributed by atoms with E-state index in [1.165, 1.54) is 6.08 Å². The molecular weight excluding hydrogens is 333 g/mol. The summed E-state index contributed by atoms with van der Waals surface area (Å²) in [6, 6.07) is 7.27. The van der Waals surface area contributed by atoms with Crippen LogP contribution in [-0.4, -0.2) is 17.8 Å². The van der Waals surface area contributed by atoms with Gasteiger partial charge in [-0.3, -0.25) is 4.79 Å². The first kappa shape index (κ1) is 25.0. The van der Waals surface area contributed by atoms with E-state index in [-0.39, 0.29) is 6.47 Å². The second kappa shape index (κ2) is 14.1. The number of benzene rings is 1. The summed E-state index contributed by atoms with van der Waals surface area (Å²) in [7, 11) is 0. The van der Waals surface area contributed by atoms with Gasteiger partial charge in [0.15, 0.2) is 0 Å². The van der Waals surface area contributed by atoms with Crippen molar-refractivity contribution in [1.82, 2.24) is 0 Å². The van der Waals surface area contributed by atoms with Crippen molar-refractivity contribution in [3.05, 3.63) is 53.3 Å². The first-order chi connectivity index (χ1) is 11.8. The first-order valence-corrected chi connectivity index (χ1v) is 7.88. The molecule has 0 aliphatic carbocycles. The van der Waals surface area contributed by atoms with E-state index in [1.807, 2.05) is 32.0 Å². The van der Waals surface area contributed by atoms with Gasteiger partial charge in [0.25, 0.3) is 6.47 Å². The highest BCUT2D eigenvalue weighted by Crippen LogP contribution is 2.28. The second-order valence-electron chi connectivity index (χ2n) is 4.53. The molecule has 4 nitrogen and oxygen atoms in total. The molecule has 0 radical (unpaired) electrons. The minimum Gasteiger partial charge on any atom is -0.483 e. The molecule has 0 aliphatic heterocycles. The van der Waals surface area contributed by atoms with Crippen molar-refractivity contribution >= 4 is 12.2 Å². The van der Waals surface area contributed by atoms with Crippen LogP contribution < -0.4 is 11.1 Å². The standard InChI is InChI=1S/C15H19F3N2.C2H6.CH2O2/c1-3-5-13(15(16,17)18)8-11(2)20-14-7-4-6-12(9-14)10-19;1-2;2-1-3/h4-9,20H,3,10,19H2,1-2H3;1-2H3;1H,(H,2,3)/b11-8-,13-5-;;. The molecule has 1 aromatic rings. The Morgan fingerprint density at radius 2 is 1.88 bits per heavy atom. The largest absolute Gasteiger partial charge is 0.483 e. The number of carbonyl (C=O) groups is 1. The molecular formula is C18H27F3N2O2. The molecule has 1 rings (SSSR count). The molecule has 0 aliphatic rings. The van der Waals surface area contributed by atoms with Gasteiger partial charge in [-0.15, -0.1) is 0 Å². The lowest BCUT2D eigenvalue weighted by atomic mass is 10.1. The maximum Gasteiger partial charge on any atom is 0.416 e. The van der Waals surface area contributed by atoms with Crippen molar-refractivity contribution in [3.63, 3.8) is 0 Å². The Morgan fingerprint density at radius 1 is 1.32 bits per heavy atom. The summed E-state index contributed by atoms with van der Waals surface area (Å²) in [4.78, 5) is 8.36. The third-order valence-corrected chi connectivity index (χ3v) is 2.63. The topological polar surface area (TPSA) is 75.3 Å². The summed E-state index contributed by atoms with van der Waals surface area (Å²) >= 11 is 0. The predicted octanol–water partition coefficient (Wildman–Crippen LogP) is 5.09. The molecule has 0 atom stereocenters. The summed E-state index contributed by atoms with van der Waals surface area (Å²) in [6.45, 7) is 7.42. The summed E-state index contributed by atoms with van der Waals surface area (Å²) in [5, 5.41) is 9.83. The van der Waals surface area contributed by atoms with E-state index in [0.717, 1.165) is 17.3 Å². The van der Waals surface area contributed by atoms with Gasteiger partial charge < -0.3 is 16.2 Å². The van der Waals surface area contributed by atoms with E-state index in [0.29, 0.717) is 18.7 Å². The quantitative estimate of drug-likeness (QED) is 0.505. The van der Waals surface area contributed by atoms with Gasteiger partial charge in [-0.2, -0.15) is 13.2 Å². The van der Waals surface area contributed by atoms with E-state index in [1.54, 1.807) is 19.9 Å². The second-order valence-corrected chi connectivity index (χ2v) is 4.53. The number of nitrogens with two attached hydrogens (primary N) is 1. The highest BCUT2D eigenvalue weighted by Gasteiger charge is 2.31. The van der Waals surface area contributed by atoms with Crippen molar-refractivity contribution in [1.29, 1.82) is 0 Å². The highest BCUT2D eigenvalue weighted by molar-refractivity contribution is 5.51. The van der Waals surface area contributed by atoms with Crippen molar-refractivity contribution in [2.45, 2.75) is 46.8 Å². The monoisotopic (exact) mass is 360 g/mol. The fourth-order valence-corrected chi connectivity index (χ4v) is 1.75. The van der Waals surface area contributed by atoms with Crippen molar-refractivity contribution < 1.29 is 23.1 Å². The van der Waals surface area contributed by atoms with Crippen LogP contribution in [0.4, 0.5) is 18.9 Å². The number of hydrogen-bond acceptors (Lipinski definition) is 3. The van der Waals surface area contributed by atoms with Gasteiger partial charge in [-0.05, 0) is 37.1 Å². The molecule has 0 saturated carbocycles. The van der Waals surface area contributed by atoms with Crippen LogP contribution in [0.3, 0.4) is 0 Å². The van der Waals surface area contributed by atoms with Gasteiger partial charge in [0.05, 0.1) is 5.57 Å². The zero-order valence-electron chi connectivity index (χ0n) is 15.0. The normalized spacial score (nSPS) is 11.5. The van der Waals surface area contributed by atoms with Crippen molar-refractivity contribution in [2.75, 3.05) is 5.32 Å². The van der Waals surface area contributed by atoms with Gasteiger partial charge in [-0.1, -0.05) is 39.0 Å². The minimum absolute atomic E-state index is 0.250. The Balaban J connectivity index is 0. The van der Waals surface area contributed by atoms with Crippen LogP contribution in [0.5, 0.6) is 0 Å². The Kier molecular flexibility index (Phi) is 14.1. The number of alkyl halides is 3. The molecule has 0 amide bonds. The van der Waals surface area contributed by atoms with Crippen LogP contribution in [-0.2, 0) is 11.3 Å². The molecule has 1 aromatic carbocycles. The highest BCUT2D eigenvalue weighted by atomic mass is 19.4. The number of halogens is 3. The number of anilines is 1. The Hall–Kier alpha value is -2.28. The van der Waals surface area contributed by atoms with Crippen LogP contribution in [0, 0.1) is 0 Å². The number of rotatable bonds is 5. The van der Waals surface area contributed by atoms with Crippen LogP contribution in [0.1, 0.15) is 39.7 Å². The van der Waals surface area contributed by atoms with Gasteiger partial charge in [0.1, 0.15) is 0 Å². The third kappa shape index (κ3) is 11.8. The fraction of sp³-hybridized carbons (Fsp3) is 0.389. The molecule has 0 unspecified atom stereocenters. The molecule has 142 valence electrons. The zero-order chi connectivity index (χ0) is 19.9. The molecule has 0 spiro atoms. The van der Waals surface area contributed by atoms with E-state index in [2.05, 4.69) is 5.32 Å². The Labute approximate surface area is 147 Å². The van der Waals surface area contributed by atoms with E-state index in [4.69, 9.17) is 15.6 Å². The minimum atomic E-state index is -4.34. The van der Waals surface area contributed by atoms with Crippen LogP contribution in [0.25, 0.3) is 0 Å². The third-order valence-electron chi connectivity index (χ3n) is 2.63. The summed E-state index contributed by atoms with van der Waals surface area (Å²) in [6.07, 6.45) is -1.72. The van der Waals surface area contributed by atoms with Crippen LogP contribution >= 0.6 is 0 Å². The lowest BCUT2D eigenvalue weighted by molar-refractivity contribution is -0.122. The average molecular weight is 360 g/mol. The van der Waals surface area contributed by atoms with E-state index in [9.17, 15) is 13.2 Å². The molecule has 0 bridgehead atoms. The molecule has 0 saturated heterocycles. The first-order valence-electron chi connectivity index (χ1n) is 7.88. The smallest absolute Gasteiger partial charge is 0.416 e. The van der Waals surface area contributed by atoms with Gasteiger partial charge in [-0.25, -0.2) is 0 Å². The molecule has 0 aromatic heterocycles. The SMILES string of the molecule is CC.CC/C=C(/C=C(/C)Nc1cccc(CN)c1)C(F)(F)F.O=CO. The summed E-state index contributed by atoms with van der Waals surface area (Å²) in [5.41, 5.74) is 6.96. The zero-order valence-corrected chi connectivity index (χ0v) is 15.0. The maximum atomic E-state index is 12.8. The van der Waals surface area contributed by atoms with Gasteiger partial charge >= 0.3 is 6.18 Å². The summed E-state index contributed by atoms with van der Waals surface area (Å²) < 4.78 is 38.3. The number of hydrogen-bond donors (Lipinski definition) is 3. The summed E-state index contributed by atoms with van der Waals surface area (Å²) in [5.74, 6) is 0. The number of carboxylic acid groups (broad SMARTS) is 1. The average Bonchev–Trinajstić information content (AvgIpc) is 2.56. The fourth-order valence-electron chi connectivity index (χ4n) is 1.75. The lowest BCUT2D eigenvalue weighted by Gasteiger charge is -2.11. The maximum absolute atomic E-state index is 12.8. The van der Waals surface area contributed by atoms with Gasteiger partial charge in [0, 0.05) is 17.9 Å². The molecule has 0 fully saturated rings. The molecule has 7 heteroatoms. The van der Waals surface area contributed by atoms with E-state index >= 15 is 0 Å². The van der Waals surface area contributed by atoms with Gasteiger partial charge in [0.2, 0.25) is 0 Å². The van der Waals surface area contributed by atoms with Crippen LogP contribution in [0.2, 0.25) is 0 Å². The Bertz CT molecular complexity index is 553. The molecule has 25 heavy (non-hydrogen) atoms. The molecule has 0 heterocycles. The number of allylic oxidation sites excluding steroid dienone is 4. The lowest BCUT2D eigenvalue weighted by Crippen LogP contribution is -2.11. The van der Waals surface area contributed by atoms with Crippen LogP contribution in [0.15, 0.2) is 47.7 Å². The number of nitrogens with one attached hydrogen (secondary N) is 1. The van der Waals surface area contributed by atoms with Crippen molar-refractivity contribution in [3.8, 4) is 0 Å². The molecule has 4 N–H and O–H groups in total. The predicted molar refractivity (Wildman–Crippen MR) is 96.2 cm³/mol. The van der Waals surface area contributed by atoms with Crippen molar-refractivity contribution in [2.24, 2.45) is 5.73 Å². The Morgan fingerprint density at radius 3 is 2.32 bits per heavy atom. The van der Waals surface area contributed by atoms with E-state index < -0.39 is 11.7 Å².